The van der Waals surface area contributed by atoms with E-state index in [9.17, 15) is 22.4 Å². The van der Waals surface area contributed by atoms with Gasteiger partial charge in [-0.1, -0.05) is 12.1 Å². The first kappa shape index (κ1) is 20.0. The molecule has 154 valence electrons. The van der Waals surface area contributed by atoms with Crippen LogP contribution in [0.4, 0.5) is 17.6 Å². The number of nitrogens with zero attached hydrogens (tertiary/aromatic N) is 3. The summed E-state index contributed by atoms with van der Waals surface area (Å²) in [6, 6.07) is 7.73. The highest BCUT2D eigenvalue weighted by Crippen LogP contribution is 2.33. The lowest BCUT2D eigenvalue weighted by Crippen LogP contribution is -2.09. The summed E-state index contributed by atoms with van der Waals surface area (Å²) in [5.41, 5.74) is 6.28. The SMILES string of the molecule is Cc1nc(-c2cccc3nn(Cc4cc(F)cc(C(F)(F)F)c4)cc23)sc1C(N)=O. The lowest BCUT2D eigenvalue weighted by atomic mass is 10.1. The van der Waals surface area contributed by atoms with Crippen LogP contribution < -0.4 is 5.73 Å². The molecule has 0 saturated carbocycles. The molecule has 5 nitrogen and oxygen atoms in total. The molecule has 0 aliphatic heterocycles. The number of benzene rings is 2. The molecule has 4 rings (SSSR count). The number of aryl methyl sites for hydroxylation is 1. The zero-order valence-electron chi connectivity index (χ0n) is 15.5. The van der Waals surface area contributed by atoms with Crippen molar-refractivity contribution in [2.75, 3.05) is 0 Å². The Morgan fingerprint density at radius 2 is 2.00 bits per heavy atom. The molecule has 30 heavy (non-hydrogen) atoms. The van der Waals surface area contributed by atoms with Crippen molar-refractivity contribution in [3.05, 3.63) is 70.1 Å². The Balaban J connectivity index is 1.74. The molecular weight excluding hydrogens is 420 g/mol. The zero-order valence-corrected chi connectivity index (χ0v) is 16.3. The maximum Gasteiger partial charge on any atom is 0.416 e. The number of alkyl halides is 3. The van der Waals surface area contributed by atoms with E-state index in [4.69, 9.17) is 5.73 Å². The third-order valence-electron chi connectivity index (χ3n) is 4.48. The maximum absolute atomic E-state index is 13.7. The van der Waals surface area contributed by atoms with Crippen molar-refractivity contribution in [2.24, 2.45) is 5.73 Å². The monoisotopic (exact) mass is 434 g/mol. The molecule has 0 aliphatic rings. The Hall–Kier alpha value is -3.27. The van der Waals surface area contributed by atoms with Crippen LogP contribution in [0.3, 0.4) is 0 Å². The number of amides is 1. The van der Waals surface area contributed by atoms with E-state index in [1.807, 2.05) is 0 Å². The number of halogens is 4. The van der Waals surface area contributed by atoms with Gasteiger partial charge in [0.15, 0.2) is 0 Å². The minimum atomic E-state index is -4.64. The molecule has 4 aromatic rings. The van der Waals surface area contributed by atoms with E-state index in [1.54, 1.807) is 31.3 Å². The highest BCUT2D eigenvalue weighted by atomic mass is 32.1. The van der Waals surface area contributed by atoms with Crippen molar-refractivity contribution < 1.29 is 22.4 Å². The van der Waals surface area contributed by atoms with Crippen LogP contribution in [0.2, 0.25) is 0 Å². The van der Waals surface area contributed by atoms with E-state index < -0.39 is 23.5 Å². The number of rotatable bonds is 4. The highest BCUT2D eigenvalue weighted by molar-refractivity contribution is 7.17. The van der Waals surface area contributed by atoms with Crippen molar-refractivity contribution in [3.8, 4) is 10.6 Å². The standard InChI is InChI=1S/C20H14F4N4OS/c1-10-17(18(25)29)30-19(26-10)14-3-2-4-16-15(14)9-28(27-16)8-11-5-12(20(22,23)24)7-13(21)6-11/h2-7,9H,8H2,1H3,(H2,25,29). The van der Waals surface area contributed by atoms with Gasteiger partial charge in [-0.2, -0.15) is 18.3 Å². The molecular formula is C20H14F4N4OS. The summed E-state index contributed by atoms with van der Waals surface area (Å²) < 4.78 is 54.0. The minimum absolute atomic E-state index is 0.0433. The number of primary amides is 1. The average molecular weight is 434 g/mol. The number of carbonyl (C=O) groups is 1. The summed E-state index contributed by atoms with van der Waals surface area (Å²) in [4.78, 5) is 16.3. The maximum atomic E-state index is 13.7. The molecule has 0 spiro atoms. The molecule has 0 unspecified atom stereocenters. The van der Waals surface area contributed by atoms with Gasteiger partial charge in [-0.3, -0.25) is 9.48 Å². The summed E-state index contributed by atoms with van der Waals surface area (Å²) in [6.07, 6.45) is -2.98. The normalized spacial score (nSPS) is 11.9. The second-order valence-corrected chi connectivity index (χ2v) is 7.71. The van der Waals surface area contributed by atoms with Gasteiger partial charge in [0, 0.05) is 17.1 Å². The van der Waals surface area contributed by atoms with Gasteiger partial charge in [0.25, 0.3) is 5.91 Å². The van der Waals surface area contributed by atoms with Crippen LogP contribution in [0.5, 0.6) is 0 Å². The second-order valence-electron chi connectivity index (χ2n) is 6.71. The zero-order chi connectivity index (χ0) is 21.6. The number of aromatic nitrogens is 3. The van der Waals surface area contributed by atoms with Gasteiger partial charge in [-0.05, 0) is 36.8 Å². The van der Waals surface area contributed by atoms with Gasteiger partial charge < -0.3 is 5.73 Å². The second kappa shape index (κ2) is 7.21. The summed E-state index contributed by atoms with van der Waals surface area (Å²) in [7, 11) is 0. The molecule has 2 N–H and O–H groups in total. The Bertz CT molecular complexity index is 1280. The fourth-order valence-corrected chi connectivity index (χ4v) is 4.15. The van der Waals surface area contributed by atoms with Crippen LogP contribution in [0.15, 0.2) is 42.6 Å². The van der Waals surface area contributed by atoms with Crippen molar-refractivity contribution in [1.29, 1.82) is 0 Å². The van der Waals surface area contributed by atoms with E-state index in [0.29, 0.717) is 32.5 Å². The predicted molar refractivity (Wildman–Crippen MR) is 105 cm³/mol. The van der Waals surface area contributed by atoms with Crippen molar-refractivity contribution in [2.45, 2.75) is 19.6 Å². The lowest BCUT2D eigenvalue weighted by molar-refractivity contribution is -0.137. The molecule has 1 amide bonds. The van der Waals surface area contributed by atoms with Crippen LogP contribution in [0, 0.1) is 12.7 Å². The molecule has 0 atom stereocenters. The first-order chi connectivity index (χ1) is 14.1. The van der Waals surface area contributed by atoms with Crippen LogP contribution in [0.1, 0.15) is 26.5 Å². The summed E-state index contributed by atoms with van der Waals surface area (Å²) in [5.74, 6) is -1.53. The molecule has 2 aromatic heterocycles. The van der Waals surface area contributed by atoms with E-state index in [-0.39, 0.29) is 12.1 Å². The van der Waals surface area contributed by atoms with Gasteiger partial charge in [0.2, 0.25) is 0 Å². The first-order valence-corrected chi connectivity index (χ1v) is 9.54. The largest absolute Gasteiger partial charge is 0.416 e. The van der Waals surface area contributed by atoms with Crippen LogP contribution in [-0.4, -0.2) is 20.7 Å². The molecule has 0 aliphatic carbocycles. The van der Waals surface area contributed by atoms with E-state index in [2.05, 4.69) is 10.1 Å². The minimum Gasteiger partial charge on any atom is -0.365 e. The number of hydrogen-bond acceptors (Lipinski definition) is 4. The van der Waals surface area contributed by atoms with E-state index >= 15 is 0 Å². The lowest BCUT2D eigenvalue weighted by Gasteiger charge is -2.09. The summed E-state index contributed by atoms with van der Waals surface area (Å²) in [5, 5.41) is 5.66. The Morgan fingerprint density at radius 1 is 1.23 bits per heavy atom. The highest BCUT2D eigenvalue weighted by Gasteiger charge is 2.31. The van der Waals surface area contributed by atoms with E-state index in [1.165, 1.54) is 4.68 Å². The molecule has 2 heterocycles. The fourth-order valence-electron chi connectivity index (χ4n) is 3.19. The van der Waals surface area contributed by atoms with Gasteiger partial charge >= 0.3 is 6.18 Å². The molecule has 0 radical (unpaired) electrons. The Morgan fingerprint density at radius 3 is 2.67 bits per heavy atom. The number of hydrogen-bond donors (Lipinski definition) is 1. The number of nitrogens with two attached hydrogens (primary N) is 1. The Kier molecular flexibility index (Phi) is 4.81. The molecule has 2 aromatic carbocycles. The van der Waals surface area contributed by atoms with Crippen LogP contribution in [-0.2, 0) is 12.7 Å². The molecule has 0 bridgehead atoms. The third kappa shape index (κ3) is 3.78. The number of fused-ring (bicyclic) bond motifs is 1. The van der Waals surface area contributed by atoms with Crippen LogP contribution >= 0.6 is 11.3 Å². The number of carbonyl (C=O) groups excluding carboxylic acids is 1. The van der Waals surface area contributed by atoms with Gasteiger partial charge in [0.05, 0.1) is 23.3 Å². The Labute approximate surface area is 171 Å². The fraction of sp³-hybridized carbons (Fsp3) is 0.150. The van der Waals surface area contributed by atoms with Crippen molar-refractivity contribution in [3.63, 3.8) is 0 Å². The smallest absolute Gasteiger partial charge is 0.365 e. The van der Waals surface area contributed by atoms with E-state index in [0.717, 1.165) is 29.0 Å². The van der Waals surface area contributed by atoms with Gasteiger partial charge in [-0.15, -0.1) is 11.3 Å². The van der Waals surface area contributed by atoms with Crippen LogP contribution in [0.25, 0.3) is 21.5 Å². The van der Waals surface area contributed by atoms with Crippen molar-refractivity contribution in [1.82, 2.24) is 14.8 Å². The molecule has 0 fully saturated rings. The summed E-state index contributed by atoms with van der Waals surface area (Å²) >= 11 is 1.16. The predicted octanol–water partition coefficient (Wildman–Crippen LogP) is 4.77. The number of thiazole rings is 1. The average Bonchev–Trinajstić information content (AvgIpc) is 3.23. The molecule has 10 heteroatoms. The van der Waals surface area contributed by atoms with Gasteiger partial charge in [0.1, 0.15) is 15.7 Å². The molecule has 0 saturated heterocycles. The first-order valence-electron chi connectivity index (χ1n) is 8.72. The quantitative estimate of drug-likeness (QED) is 0.470. The third-order valence-corrected chi connectivity index (χ3v) is 5.68. The topological polar surface area (TPSA) is 73.8 Å². The van der Waals surface area contributed by atoms with Gasteiger partial charge in [-0.25, -0.2) is 9.37 Å². The van der Waals surface area contributed by atoms with Crippen molar-refractivity contribution >= 4 is 28.1 Å². The summed E-state index contributed by atoms with van der Waals surface area (Å²) in [6.45, 7) is 1.64.